The van der Waals surface area contributed by atoms with Crippen LogP contribution < -0.4 is 0 Å². The molecule has 0 amide bonds. The molecule has 4 atom stereocenters. The molecule has 2 rings (SSSR count). The van der Waals surface area contributed by atoms with E-state index in [0.717, 1.165) is 12.8 Å². The van der Waals surface area contributed by atoms with E-state index >= 15 is 0 Å². The fourth-order valence-electron chi connectivity index (χ4n) is 2.46. The van der Waals surface area contributed by atoms with Gasteiger partial charge in [-0.3, -0.25) is 4.79 Å². The quantitative estimate of drug-likeness (QED) is 0.608. The van der Waals surface area contributed by atoms with Gasteiger partial charge < -0.3 is 9.47 Å². The molecule has 2 saturated heterocycles. The lowest BCUT2D eigenvalue weighted by atomic mass is 9.89. The van der Waals surface area contributed by atoms with Gasteiger partial charge in [-0.1, -0.05) is 13.3 Å². The molecule has 0 radical (unpaired) electrons. The highest BCUT2D eigenvalue weighted by Gasteiger charge is 2.51. The van der Waals surface area contributed by atoms with Crippen molar-refractivity contribution in [1.82, 2.24) is 0 Å². The standard InChI is InChI=1S/C10H16O3/c1-3-4-8-7-5-12-10(11)9(7)6(2)13-8/h6-9H,3-5H2,1-2H3. The number of cyclic esters (lactones) is 1. The van der Waals surface area contributed by atoms with E-state index in [1.807, 2.05) is 6.92 Å². The van der Waals surface area contributed by atoms with Crippen LogP contribution in [0.3, 0.4) is 0 Å². The fraction of sp³-hybridized carbons (Fsp3) is 0.900. The molecule has 4 unspecified atom stereocenters. The average molecular weight is 184 g/mol. The SMILES string of the molecule is CCCC1OC(C)C2C(=O)OCC12. The number of carbonyl (C=O) groups is 1. The molecule has 13 heavy (non-hydrogen) atoms. The van der Waals surface area contributed by atoms with E-state index in [4.69, 9.17) is 9.47 Å². The van der Waals surface area contributed by atoms with Crippen molar-refractivity contribution < 1.29 is 14.3 Å². The minimum atomic E-state index is -0.0592. The summed E-state index contributed by atoms with van der Waals surface area (Å²) in [5, 5.41) is 0. The number of hydrogen-bond acceptors (Lipinski definition) is 3. The molecule has 74 valence electrons. The zero-order chi connectivity index (χ0) is 9.42. The lowest BCUT2D eigenvalue weighted by molar-refractivity contribution is -0.144. The zero-order valence-electron chi connectivity index (χ0n) is 8.16. The Morgan fingerprint density at radius 1 is 1.54 bits per heavy atom. The summed E-state index contributed by atoms with van der Waals surface area (Å²) in [7, 11) is 0. The normalized spacial score (nSPS) is 43.4. The Labute approximate surface area is 78.4 Å². The maximum Gasteiger partial charge on any atom is 0.312 e. The Kier molecular flexibility index (Phi) is 2.28. The molecule has 3 nitrogen and oxygen atoms in total. The third-order valence-electron chi connectivity index (χ3n) is 3.10. The largest absolute Gasteiger partial charge is 0.465 e. The molecule has 0 N–H and O–H groups in total. The first-order chi connectivity index (χ1) is 6.24. The molecule has 2 fully saturated rings. The summed E-state index contributed by atoms with van der Waals surface area (Å²) in [5.41, 5.74) is 0. The predicted octanol–water partition coefficient (Wildman–Crippen LogP) is 1.36. The molecular weight excluding hydrogens is 168 g/mol. The van der Waals surface area contributed by atoms with Crippen LogP contribution in [0.4, 0.5) is 0 Å². The molecule has 0 spiro atoms. The third-order valence-corrected chi connectivity index (χ3v) is 3.10. The summed E-state index contributed by atoms with van der Waals surface area (Å²) in [6.45, 7) is 4.68. The van der Waals surface area contributed by atoms with Crippen molar-refractivity contribution in [2.75, 3.05) is 6.61 Å². The number of rotatable bonds is 2. The molecule has 2 aliphatic heterocycles. The monoisotopic (exact) mass is 184 g/mol. The first-order valence-corrected chi connectivity index (χ1v) is 5.06. The molecule has 0 saturated carbocycles. The second-order valence-electron chi connectivity index (χ2n) is 3.99. The van der Waals surface area contributed by atoms with Crippen LogP contribution in [0.2, 0.25) is 0 Å². The van der Waals surface area contributed by atoms with Crippen LogP contribution in [0.25, 0.3) is 0 Å². The number of hydrogen-bond donors (Lipinski definition) is 0. The molecule has 2 aliphatic rings. The van der Waals surface area contributed by atoms with Crippen molar-refractivity contribution in [3.05, 3.63) is 0 Å². The van der Waals surface area contributed by atoms with E-state index < -0.39 is 0 Å². The smallest absolute Gasteiger partial charge is 0.312 e. The number of carbonyl (C=O) groups excluding carboxylic acids is 1. The van der Waals surface area contributed by atoms with Crippen molar-refractivity contribution in [2.24, 2.45) is 11.8 Å². The van der Waals surface area contributed by atoms with Gasteiger partial charge in [0.2, 0.25) is 0 Å². The summed E-state index contributed by atoms with van der Waals surface area (Å²) in [5.74, 6) is 0.273. The van der Waals surface area contributed by atoms with Crippen molar-refractivity contribution in [3.63, 3.8) is 0 Å². The van der Waals surface area contributed by atoms with Crippen LogP contribution in [-0.4, -0.2) is 24.8 Å². The Balaban J connectivity index is 2.08. The molecule has 0 aromatic carbocycles. The summed E-state index contributed by atoms with van der Waals surface area (Å²) in [6, 6.07) is 0. The molecule has 0 bridgehead atoms. The van der Waals surface area contributed by atoms with Crippen molar-refractivity contribution in [3.8, 4) is 0 Å². The van der Waals surface area contributed by atoms with Gasteiger partial charge in [0.05, 0.1) is 24.7 Å². The van der Waals surface area contributed by atoms with Gasteiger partial charge in [0.15, 0.2) is 0 Å². The summed E-state index contributed by atoms with van der Waals surface area (Å²) < 4.78 is 10.8. The molecular formula is C10H16O3. The maximum absolute atomic E-state index is 11.3. The van der Waals surface area contributed by atoms with Crippen LogP contribution in [-0.2, 0) is 14.3 Å². The van der Waals surface area contributed by atoms with E-state index in [-0.39, 0.29) is 24.1 Å². The Morgan fingerprint density at radius 3 is 3.00 bits per heavy atom. The van der Waals surface area contributed by atoms with Crippen molar-refractivity contribution in [1.29, 1.82) is 0 Å². The lowest BCUT2D eigenvalue weighted by Crippen LogP contribution is -2.21. The second-order valence-corrected chi connectivity index (χ2v) is 3.99. The first kappa shape index (κ1) is 9.00. The molecule has 0 aliphatic carbocycles. The Bertz CT molecular complexity index is 214. The lowest BCUT2D eigenvalue weighted by Gasteiger charge is -2.14. The van der Waals surface area contributed by atoms with E-state index in [1.54, 1.807) is 0 Å². The van der Waals surface area contributed by atoms with Gasteiger partial charge >= 0.3 is 5.97 Å². The first-order valence-electron chi connectivity index (χ1n) is 5.06. The summed E-state index contributed by atoms with van der Waals surface area (Å²) in [4.78, 5) is 11.3. The third kappa shape index (κ3) is 1.35. The average Bonchev–Trinajstić information content (AvgIpc) is 2.58. The van der Waals surface area contributed by atoms with Crippen LogP contribution in [0.15, 0.2) is 0 Å². The van der Waals surface area contributed by atoms with Crippen LogP contribution in [0.1, 0.15) is 26.7 Å². The van der Waals surface area contributed by atoms with E-state index in [9.17, 15) is 4.79 Å². The van der Waals surface area contributed by atoms with Gasteiger partial charge in [0.25, 0.3) is 0 Å². The number of ether oxygens (including phenoxy) is 2. The van der Waals surface area contributed by atoms with Gasteiger partial charge in [-0.15, -0.1) is 0 Å². The Morgan fingerprint density at radius 2 is 2.31 bits per heavy atom. The second kappa shape index (κ2) is 3.29. The fourth-order valence-corrected chi connectivity index (χ4v) is 2.46. The topological polar surface area (TPSA) is 35.5 Å². The predicted molar refractivity (Wildman–Crippen MR) is 47.2 cm³/mol. The minimum Gasteiger partial charge on any atom is -0.465 e. The molecule has 0 aromatic rings. The Hall–Kier alpha value is -0.570. The van der Waals surface area contributed by atoms with Crippen molar-refractivity contribution in [2.45, 2.75) is 38.9 Å². The molecule has 0 aromatic heterocycles. The number of fused-ring (bicyclic) bond motifs is 1. The highest BCUT2D eigenvalue weighted by molar-refractivity contribution is 5.76. The zero-order valence-corrected chi connectivity index (χ0v) is 8.16. The summed E-state index contributed by atoms with van der Waals surface area (Å²) >= 11 is 0. The van der Waals surface area contributed by atoms with Crippen LogP contribution in [0, 0.1) is 11.8 Å². The highest BCUT2D eigenvalue weighted by Crippen LogP contribution is 2.39. The van der Waals surface area contributed by atoms with Gasteiger partial charge in [-0.2, -0.15) is 0 Å². The van der Waals surface area contributed by atoms with Crippen LogP contribution >= 0.6 is 0 Å². The van der Waals surface area contributed by atoms with E-state index in [1.165, 1.54) is 0 Å². The maximum atomic E-state index is 11.3. The number of esters is 1. The van der Waals surface area contributed by atoms with Crippen molar-refractivity contribution >= 4 is 5.97 Å². The van der Waals surface area contributed by atoms with Gasteiger partial charge in [0, 0.05) is 5.92 Å². The van der Waals surface area contributed by atoms with Gasteiger partial charge in [-0.25, -0.2) is 0 Å². The van der Waals surface area contributed by atoms with Crippen LogP contribution in [0.5, 0.6) is 0 Å². The molecule has 2 heterocycles. The van der Waals surface area contributed by atoms with E-state index in [0.29, 0.717) is 12.5 Å². The van der Waals surface area contributed by atoms with Gasteiger partial charge in [-0.05, 0) is 13.3 Å². The summed E-state index contributed by atoms with van der Waals surface area (Å²) in [6.07, 6.45) is 2.45. The molecule has 3 heteroatoms. The minimum absolute atomic E-state index is 0.0107. The van der Waals surface area contributed by atoms with Gasteiger partial charge in [0.1, 0.15) is 0 Å². The highest BCUT2D eigenvalue weighted by atomic mass is 16.6. The van der Waals surface area contributed by atoms with E-state index in [2.05, 4.69) is 6.92 Å².